The maximum atomic E-state index is 13.3. The molecule has 0 aliphatic carbocycles. The number of morpholine rings is 1. The van der Waals surface area contributed by atoms with Gasteiger partial charge >= 0.3 is 0 Å². The Labute approximate surface area is 157 Å². The van der Waals surface area contributed by atoms with Crippen LogP contribution in [0, 0.1) is 12.7 Å². The van der Waals surface area contributed by atoms with Crippen LogP contribution in [0.4, 0.5) is 4.39 Å². The highest BCUT2D eigenvalue weighted by Gasteiger charge is 2.24. The molecule has 1 aliphatic heterocycles. The van der Waals surface area contributed by atoms with E-state index < -0.39 is 0 Å². The summed E-state index contributed by atoms with van der Waals surface area (Å²) in [6, 6.07) is 15.7. The number of aryl methyl sites for hydroxylation is 1. The molecule has 4 rings (SSSR count). The fourth-order valence-corrected chi connectivity index (χ4v) is 3.11. The first kappa shape index (κ1) is 17.4. The molecule has 3 aromatic rings. The first-order valence-electron chi connectivity index (χ1n) is 8.92. The average Bonchev–Trinajstić information content (AvgIpc) is 3.14. The van der Waals surface area contributed by atoms with E-state index in [0.717, 1.165) is 16.8 Å². The van der Waals surface area contributed by atoms with Crippen LogP contribution < -0.4 is 0 Å². The monoisotopic (exact) mass is 365 g/mol. The maximum absolute atomic E-state index is 13.3. The van der Waals surface area contributed by atoms with E-state index in [4.69, 9.17) is 4.74 Å². The fraction of sp³-hybridized carbons (Fsp3) is 0.238. The third kappa shape index (κ3) is 3.61. The van der Waals surface area contributed by atoms with Crippen LogP contribution in [-0.4, -0.2) is 46.9 Å². The number of carbonyl (C=O) groups is 1. The number of hydrogen-bond donors (Lipinski definition) is 0. The van der Waals surface area contributed by atoms with E-state index >= 15 is 0 Å². The highest BCUT2D eigenvalue weighted by atomic mass is 19.1. The van der Waals surface area contributed by atoms with Crippen molar-refractivity contribution in [3.63, 3.8) is 0 Å². The molecule has 138 valence electrons. The highest BCUT2D eigenvalue weighted by Crippen LogP contribution is 2.23. The van der Waals surface area contributed by atoms with E-state index in [1.54, 1.807) is 27.8 Å². The summed E-state index contributed by atoms with van der Waals surface area (Å²) >= 11 is 0. The third-order valence-electron chi connectivity index (χ3n) is 4.65. The SMILES string of the molecule is Cc1ccc(-n2nc(-c3ccc(F)cc3)cc2C(=O)N2CCOCC2)cc1. The zero-order valence-corrected chi connectivity index (χ0v) is 15.1. The second-order valence-electron chi connectivity index (χ2n) is 6.57. The summed E-state index contributed by atoms with van der Waals surface area (Å²) in [4.78, 5) is 14.9. The quantitative estimate of drug-likeness (QED) is 0.714. The maximum Gasteiger partial charge on any atom is 0.272 e. The molecule has 0 atom stereocenters. The average molecular weight is 365 g/mol. The van der Waals surface area contributed by atoms with Crippen LogP contribution in [0.2, 0.25) is 0 Å². The Hall–Kier alpha value is -2.99. The molecule has 2 heterocycles. The largest absolute Gasteiger partial charge is 0.378 e. The summed E-state index contributed by atoms with van der Waals surface area (Å²) in [5.41, 5.74) is 3.82. The van der Waals surface area contributed by atoms with Gasteiger partial charge in [-0.1, -0.05) is 17.7 Å². The van der Waals surface area contributed by atoms with Crippen molar-refractivity contribution in [1.29, 1.82) is 0 Å². The summed E-state index contributed by atoms with van der Waals surface area (Å²) < 4.78 is 20.3. The molecule has 1 aliphatic rings. The molecule has 0 saturated carbocycles. The Kier molecular flexibility index (Phi) is 4.73. The van der Waals surface area contributed by atoms with E-state index in [9.17, 15) is 9.18 Å². The minimum atomic E-state index is -0.304. The van der Waals surface area contributed by atoms with Crippen LogP contribution in [-0.2, 0) is 4.74 Å². The van der Waals surface area contributed by atoms with Crippen LogP contribution in [0.25, 0.3) is 16.9 Å². The third-order valence-corrected chi connectivity index (χ3v) is 4.65. The predicted octanol–water partition coefficient (Wildman–Crippen LogP) is 3.46. The van der Waals surface area contributed by atoms with Crippen molar-refractivity contribution in [2.24, 2.45) is 0 Å². The Balaban J connectivity index is 1.78. The van der Waals surface area contributed by atoms with Gasteiger partial charge in [0.15, 0.2) is 0 Å². The molecule has 0 spiro atoms. The minimum absolute atomic E-state index is 0.0836. The minimum Gasteiger partial charge on any atom is -0.378 e. The van der Waals surface area contributed by atoms with Gasteiger partial charge in [0, 0.05) is 18.7 Å². The normalized spacial score (nSPS) is 14.4. The van der Waals surface area contributed by atoms with Gasteiger partial charge in [0.05, 0.1) is 24.6 Å². The number of amides is 1. The van der Waals surface area contributed by atoms with Gasteiger partial charge in [-0.3, -0.25) is 4.79 Å². The van der Waals surface area contributed by atoms with Gasteiger partial charge in [-0.25, -0.2) is 9.07 Å². The molecule has 0 unspecified atom stereocenters. The Morgan fingerprint density at radius 2 is 1.70 bits per heavy atom. The van der Waals surface area contributed by atoms with Gasteiger partial charge in [0.1, 0.15) is 11.5 Å². The fourth-order valence-electron chi connectivity index (χ4n) is 3.11. The van der Waals surface area contributed by atoms with Gasteiger partial charge in [-0.05, 0) is 49.4 Å². The molecule has 2 aromatic carbocycles. The number of carbonyl (C=O) groups excluding carboxylic acids is 1. The summed E-state index contributed by atoms with van der Waals surface area (Å²) in [6.45, 7) is 4.20. The zero-order chi connectivity index (χ0) is 18.8. The molecule has 5 nitrogen and oxygen atoms in total. The molecule has 27 heavy (non-hydrogen) atoms. The first-order chi connectivity index (χ1) is 13.1. The lowest BCUT2D eigenvalue weighted by atomic mass is 10.1. The van der Waals surface area contributed by atoms with Crippen molar-refractivity contribution in [1.82, 2.24) is 14.7 Å². The van der Waals surface area contributed by atoms with Gasteiger partial charge in [-0.2, -0.15) is 5.10 Å². The lowest BCUT2D eigenvalue weighted by molar-refractivity contribution is 0.0297. The van der Waals surface area contributed by atoms with Gasteiger partial charge < -0.3 is 9.64 Å². The second-order valence-corrected chi connectivity index (χ2v) is 6.57. The van der Waals surface area contributed by atoms with Crippen molar-refractivity contribution in [3.05, 3.63) is 71.7 Å². The van der Waals surface area contributed by atoms with Gasteiger partial charge in [0.2, 0.25) is 0 Å². The molecular formula is C21H20FN3O2. The molecule has 1 fully saturated rings. The second kappa shape index (κ2) is 7.32. The van der Waals surface area contributed by atoms with E-state index in [1.807, 2.05) is 31.2 Å². The number of nitrogens with zero attached hydrogens (tertiary/aromatic N) is 3. The molecule has 0 bridgehead atoms. The molecule has 1 amide bonds. The van der Waals surface area contributed by atoms with Crippen molar-refractivity contribution in [3.8, 4) is 16.9 Å². The Morgan fingerprint density at radius 3 is 2.37 bits per heavy atom. The molecule has 1 saturated heterocycles. The van der Waals surface area contributed by atoms with Gasteiger partial charge in [0.25, 0.3) is 5.91 Å². The van der Waals surface area contributed by atoms with Crippen LogP contribution in [0.5, 0.6) is 0 Å². The molecule has 0 radical (unpaired) electrons. The topological polar surface area (TPSA) is 47.4 Å². The summed E-state index contributed by atoms with van der Waals surface area (Å²) in [5.74, 6) is -0.388. The highest BCUT2D eigenvalue weighted by molar-refractivity contribution is 5.94. The lowest BCUT2D eigenvalue weighted by Crippen LogP contribution is -2.41. The van der Waals surface area contributed by atoms with E-state index in [-0.39, 0.29) is 11.7 Å². The Bertz CT molecular complexity index is 943. The van der Waals surface area contributed by atoms with Crippen molar-refractivity contribution >= 4 is 5.91 Å². The smallest absolute Gasteiger partial charge is 0.272 e. The lowest BCUT2D eigenvalue weighted by Gasteiger charge is -2.26. The molecule has 6 heteroatoms. The summed E-state index contributed by atoms with van der Waals surface area (Å²) in [6.07, 6.45) is 0. The number of rotatable bonds is 3. The Morgan fingerprint density at radius 1 is 1.04 bits per heavy atom. The van der Waals surface area contributed by atoms with Crippen LogP contribution in [0.1, 0.15) is 16.1 Å². The van der Waals surface area contributed by atoms with Crippen molar-refractivity contribution in [2.75, 3.05) is 26.3 Å². The molecule has 1 aromatic heterocycles. The number of hydrogen-bond acceptors (Lipinski definition) is 3. The zero-order valence-electron chi connectivity index (χ0n) is 15.1. The van der Waals surface area contributed by atoms with Crippen LogP contribution >= 0.6 is 0 Å². The molecular weight excluding hydrogens is 345 g/mol. The summed E-state index contributed by atoms with van der Waals surface area (Å²) in [5, 5.41) is 4.64. The predicted molar refractivity (Wildman–Crippen MR) is 100 cm³/mol. The number of ether oxygens (including phenoxy) is 1. The summed E-state index contributed by atoms with van der Waals surface area (Å²) in [7, 11) is 0. The standard InChI is InChI=1S/C21H20FN3O2/c1-15-2-8-18(9-3-15)25-20(21(26)24-10-12-27-13-11-24)14-19(23-25)16-4-6-17(22)7-5-16/h2-9,14H,10-13H2,1H3. The molecule has 0 N–H and O–H groups in total. The number of halogens is 1. The van der Waals surface area contributed by atoms with E-state index in [0.29, 0.717) is 37.7 Å². The van der Waals surface area contributed by atoms with E-state index in [1.165, 1.54) is 12.1 Å². The number of benzene rings is 2. The first-order valence-corrected chi connectivity index (χ1v) is 8.92. The van der Waals surface area contributed by atoms with Crippen molar-refractivity contribution in [2.45, 2.75) is 6.92 Å². The van der Waals surface area contributed by atoms with Crippen LogP contribution in [0.15, 0.2) is 54.6 Å². The number of aromatic nitrogens is 2. The van der Waals surface area contributed by atoms with Gasteiger partial charge in [-0.15, -0.1) is 0 Å². The van der Waals surface area contributed by atoms with Crippen molar-refractivity contribution < 1.29 is 13.9 Å². The van der Waals surface area contributed by atoms with E-state index in [2.05, 4.69) is 5.10 Å². The van der Waals surface area contributed by atoms with Crippen LogP contribution in [0.3, 0.4) is 0 Å².